The van der Waals surface area contributed by atoms with Gasteiger partial charge in [0, 0.05) is 11.0 Å². The second-order valence-electron chi connectivity index (χ2n) is 4.51. The number of nitrogens with one attached hydrogen (secondary N) is 1. The van der Waals surface area contributed by atoms with Crippen molar-refractivity contribution in [2.24, 2.45) is 0 Å². The molecule has 17 heavy (non-hydrogen) atoms. The fraction of sp³-hybridized carbons (Fsp3) is 0.917. The highest BCUT2D eigenvalue weighted by molar-refractivity contribution is 8.00. The van der Waals surface area contributed by atoms with Gasteiger partial charge in [-0.3, -0.25) is 4.79 Å². The van der Waals surface area contributed by atoms with Gasteiger partial charge in [-0.1, -0.05) is 13.8 Å². The summed E-state index contributed by atoms with van der Waals surface area (Å²) in [6.07, 6.45) is 0.580. The summed E-state index contributed by atoms with van der Waals surface area (Å²) >= 11 is 1.57. The van der Waals surface area contributed by atoms with Gasteiger partial charge in [-0.2, -0.15) is 11.8 Å². The molecule has 3 unspecified atom stereocenters. The minimum Gasteiger partial charge on any atom is -0.468 e. The average molecular weight is 263 g/mol. The van der Waals surface area contributed by atoms with E-state index in [9.17, 15) is 9.90 Å². The van der Waals surface area contributed by atoms with Gasteiger partial charge >= 0.3 is 5.97 Å². The molecule has 0 aliphatic carbocycles. The van der Waals surface area contributed by atoms with Gasteiger partial charge in [0.05, 0.1) is 13.2 Å². The molecule has 0 aliphatic heterocycles. The monoisotopic (exact) mass is 263 g/mol. The molecule has 0 radical (unpaired) electrons. The lowest BCUT2D eigenvalue weighted by Crippen LogP contribution is -2.53. The van der Waals surface area contributed by atoms with Crippen molar-refractivity contribution in [3.05, 3.63) is 0 Å². The number of hydrogen-bond donors (Lipinski definition) is 2. The van der Waals surface area contributed by atoms with Crippen LogP contribution in [0.3, 0.4) is 0 Å². The Labute approximate surface area is 108 Å². The molecule has 0 aromatic heterocycles. The SMILES string of the molecule is CCCNC(C)(CSC(C)C(C)O)C(=O)OC. The van der Waals surface area contributed by atoms with Crippen molar-refractivity contribution < 1.29 is 14.6 Å². The number of ether oxygens (including phenoxy) is 1. The van der Waals surface area contributed by atoms with Crippen LogP contribution in [0.5, 0.6) is 0 Å². The van der Waals surface area contributed by atoms with Crippen molar-refractivity contribution in [1.29, 1.82) is 0 Å². The first-order valence-electron chi connectivity index (χ1n) is 6.00. The summed E-state index contributed by atoms with van der Waals surface area (Å²) in [5.74, 6) is 0.336. The third kappa shape index (κ3) is 5.75. The van der Waals surface area contributed by atoms with Crippen molar-refractivity contribution >= 4 is 17.7 Å². The molecule has 5 heteroatoms. The molecule has 0 heterocycles. The van der Waals surface area contributed by atoms with E-state index in [1.807, 2.05) is 13.8 Å². The summed E-state index contributed by atoms with van der Waals surface area (Å²) < 4.78 is 4.83. The number of methoxy groups -OCH3 is 1. The third-order valence-corrected chi connectivity index (χ3v) is 4.38. The largest absolute Gasteiger partial charge is 0.468 e. The van der Waals surface area contributed by atoms with Crippen LogP contribution in [0.1, 0.15) is 34.1 Å². The molecule has 0 rings (SSSR count). The van der Waals surface area contributed by atoms with Gasteiger partial charge in [0.2, 0.25) is 0 Å². The Kier molecular flexibility index (Phi) is 7.83. The summed E-state index contributed by atoms with van der Waals surface area (Å²) in [5, 5.41) is 12.7. The Bertz CT molecular complexity index is 236. The summed E-state index contributed by atoms with van der Waals surface area (Å²) in [4.78, 5) is 11.8. The Hall–Kier alpha value is -0.260. The molecule has 0 aromatic rings. The zero-order valence-electron chi connectivity index (χ0n) is 11.4. The number of aliphatic hydroxyl groups excluding tert-OH is 1. The molecule has 3 atom stereocenters. The van der Waals surface area contributed by atoms with E-state index in [0.717, 1.165) is 13.0 Å². The maximum absolute atomic E-state index is 11.8. The standard InChI is InChI=1S/C12H25NO3S/c1-6-7-13-12(4,11(15)16-5)8-17-10(3)9(2)14/h9-10,13-14H,6-8H2,1-5H3. The van der Waals surface area contributed by atoms with E-state index in [4.69, 9.17) is 4.74 Å². The first-order chi connectivity index (χ1) is 7.87. The molecule has 0 saturated carbocycles. The highest BCUT2D eigenvalue weighted by Crippen LogP contribution is 2.21. The van der Waals surface area contributed by atoms with Crippen LogP contribution in [-0.2, 0) is 9.53 Å². The van der Waals surface area contributed by atoms with E-state index in [0.29, 0.717) is 5.75 Å². The van der Waals surface area contributed by atoms with Crippen LogP contribution >= 0.6 is 11.8 Å². The second kappa shape index (κ2) is 7.95. The maximum atomic E-state index is 11.8. The highest BCUT2D eigenvalue weighted by Gasteiger charge is 2.34. The first-order valence-corrected chi connectivity index (χ1v) is 7.05. The van der Waals surface area contributed by atoms with Gasteiger partial charge in [-0.25, -0.2) is 0 Å². The number of esters is 1. The molecular formula is C12H25NO3S. The van der Waals surface area contributed by atoms with Gasteiger partial charge in [0.1, 0.15) is 5.54 Å². The van der Waals surface area contributed by atoms with E-state index in [2.05, 4.69) is 12.2 Å². The normalized spacial score (nSPS) is 18.2. The molecule has 4 nitrogen and oxygen atoms in total. The van der Waals surface area contributed by atoms with Gasteiger partial charge in [-0.15, -0.1) is 0 Å². The number of carbonyl (C=O) groups is 1. The van der Waals surface area contributed by atoms with E-state index in [1.165, 1.54) is 7.11 Å². The van der Waals surface area contributed by atoms with Crippen molar-refractivity contribution in [2.75, 3.05) is 19.4 Å². The van der Waals surface area contributed by atoms with Gasteiger partial charge in [-0.05, 0) is 26.8 Å². The quantitative estimate of drug-likeness (QED) is 0.649. The Balaban J connectivity index is 4.43. The van der Waals surface area contributed by atoms with Crippen molar-refractivity contribution in [3.8, 4) is 0 Å². The smallest absolute Gasteiger partial charge is 0.326 e. The predicted octanol–water partition coefficient (Wildman–Crippen LogP) is 1.42. The second-order valence-corrected chi connectivity index (χ2v) is 5.87. The van der Waals surface area contributed by atoms with Crippen molar-refractivity contribution in [1.82, 2.24) is 5.32 Å². The van der Waals surface area contributed by atoms with E-state index in [-0.39, 0.29) is 17.3 Å². The highest BCUT2D eigenvalue weighted by atomic mass is 32.2. The summed E-state index contributed by atoms with van der Waals surface area (Å²) in [7, 11) is 1.40. The van der Waals surface area contributed by atoms with Crippen LogP contribution in [0.25, 0.3) is 0 Å². The molecular weight excluding hydrogens is 238 g/mol. The van der Waals surface area contributed by atoms with E-state index in [1.54, 1.807) is 18.7 Å². The minimum absolute atomic E-state index is 0.0995. The fourth-order valence-electron chi connectivity index (χ4n) is 1.25. The van der Waals surface area contributed by atoms with Gasteiger partial charge < -0.3 is 15.2 Å². The average Bonchev–Trinajstić information content (AvgIpc) is 2.32. The molecule has 0 fully saturated rings. The van der Waals surface area contributed by atoms with E-state index >= 15 is 0 Å². The number of hydrogen-bond acceptors (Lipinski definition) is 5. The Morgan fingerprint density at radius 2 is 2.12 bits per heavy atom. The van der Waals surface area contributed by atoms with Crippen LogP contribution < -0.4 is 5.32 Å². The molecule has 0 saturated heterocycles. The molecule has 2 N–H and O–H groups in total. The van der Waals surface area contributed by atoms with Crippen LogP contribution in [-0.4, -0.2) is 47.4 Å². The van der Waals surface area contributed by atoms with Crippen LogP contribution in [0.15, 0.2) is 0 Å². The maximum Gasteiger partial charge on any atom is 0.326 e. The van der Waals surface area contributed by atoms with Gasteiger partial charge in [0.25, 0.3) is 0 Å². The van der Waals surface area contributed by atoms with Crippen LogP contribution in [0, 0.1) is 0 Å². The lowest BCUT2D eigenvalue weighted by Gasteiger charge is -2.29. The molecule has 0 bridgehead atoms. The molecule has 0 spiro atoms. The van der Waals surface area contributed by atoms with Crippen LogP contribution in [0.2, 0.25) is 0 Å². The molecule has 0 aliphatic rings. The van der Waals surface area contributed by atoms with E-state index < -0.39 is 5.54 Å². The number of rotatable bonds is 8. The molecule has 0 amide bonds. The predicted molar refractivity (Wildman–Crippen MR) is 72.3 cm³/mol. The Morgan fingerprint density at radius 3 is 2.53 bits per heavy atom. The summed E-state index contributed by atoms with van der Waals surface area (Å²) in [6, 6.07) is 0. The molecule has 0 aromatic carbocycles. The lowest BCUT2D eigenvalue weighted by molar-refractivity contribution is -0.146. The zero-order chi connectivity index (χ0) is 13.5. The summed E-state index contributed by atoms with van der Waals surface area (Å²) in [5.41, 5.74) is -0.682. The number of carbonyl (C=O) groups excluding carboxylic acids is 1. The van der Waals surface area contributed by atoms with Crippen molar-refractivity contribution in [3.63, 3.8) is 0 Å². The topological polar surface area (TPSA) is 58.6 Å². The van der Waals surface area contributed by atoms with Gasteiger partial charge in [0.15, 0.2) is 0 Å². The first kappa shape index (κ1) is 16.7. The Morgan fingerprint density at radius 1 is 1.53 bits per heavy atom. The van der Waals surface area contributed by atoms with Crippen molar-refractivity contribution in [2.45, 2.75) is 51.0 Å². The fourth-order valence-corrected chi connectivity index (χ4v) is 2.34. The lowest BCUT2D eigenvalue weighted by atomic mass is 10.1. The van der Waals surface area contributed by atoms with Crippen LogP contribution in [0.4, 0.5) is 0 Å². The minimum atomic E-state index is -0.682. The molecule has 102 valence electrons. The number of aliphatic hydroxyl groups is 1. The zero-order valence-corrected chi connectivity index (χ0v) is 12.3. The number of thioether (sulfide) groups is 1. The summed E-state index contributed by atoms with van der Waals surface area (Å²) in [6.45, 7) is 8.38. The third-order valence-electron chi connectivity index (χ3n) is 2.72.